The van der Waals surface area contributed by atoms with E-state index in [0.29, 0.717) is 0 Å². The fraction of sp³-hybridized carbons (Fsp3) is 0.167. The Morgan fingerprint density at radius 3 is 2.83 bits per heavy atom. The molecule has 0 saturated heterocycles. The van der Waals surface area contributed by atoms with Gasteiger partial charge in [0.05, 0.1) is 12.6 Å². The van der Waals surface area contributed by atoms with Crippen LogP contribution in [0.25, 0.3) is 0 Å². The Balaban J connectivity index is 2.27. The lowest BCUT2D eigenvalue weighted by molar-refractivity contribution is 0.479. The Kier molecular flexibility index (Phi) is 3.47. The molecule has 1 atom stereocenters. The summed E-state index contributed by atoms with van der Waals surface area (Å²) < 4.78 is 27.6. The summed E-state index contributed by atoms with van der Waals surface area (Å²) in [5.74, 6) is -1.18. The van der Waals surface area contributed by atoms with Gasteiger partial charge in [0.15, 0.2) is 0 Å². The molecule has 0 fully saturated rings. The van der Waals surface area contributed by atoms with Crippen LogP contribution in [0.4, 0.5) is 8.78 Å². The summed E-state index contributed by atoms with van der Waals surface area (Å²) >= 11 is 0. The third-order valence-electron chi connectivity index (χ3n) is 2.51. The van der Waals surface area contributed by atoms with Crippen LogP contribution in [-0.2, 0) is 6.54 Å². The minimum absolute atomic E-state index is 0.0138. The summed E-state index contributed by atoms with van der Waals surface area (Å²) in [5.41, 5.74) is 5.44. The van der Waals surface area contributed by atoms with E-state index < -0.39 is 17.7 Å². The van der Waals surface area contributed by atoms with E-state index in [1.165, 1.54) is 18.3 Å². The highest BCUT2D eigenvalue weighted by Crippen LogP contribution is 2.17. The van der Waals surface area contributed by atoms with Crippen LogP contribution < -0.4 is 11.3 Å². The third-order valence-corrected chi connectivity index (χ3v) is 2.51. The Bertz CT molecular complexity index is 612. The van der Waals surface area contributed by atoms with Gasteiger partial charge in [0.2, 0.25) is 0 Å². The fourth-order valence-corrected chi connectivity index (χ4v) is 1.61. The van der Waals surface area contributed by atoms with Crippen molar-refractivity contribution >= 4 is 0 Å². The maximum absolute atomic E-state index is 13.5. The first-order valence-corrected chi connectivity index (χ1v) is 5.30. The van der Waals surface area contributed by atoms with Crippen molar-refractivity contribution in [3.8, 4) is 0 Å². The predicted octanol–water partition coefficient (Wildman–Crippen LogP) is 1.22. The average molecular weight is 251 g/mol. The molecule has 1 unspecified atom stereocenters. The van der Waals surface area contributed by atoms with Gasteiger partial charge in [-0.15, -0.1) is 0 Å². The highest BCUT2D eigenvalue weighted by atomic mass is 19.1. The molecule has 0 spiro atoms. The first-order chi connectivity index (χ1) is 8.58. The molecule has 0 aliphatic heterocycles. The molecule has 1 heterocycles. The van der Waals surface area contributed by atoms with Crippen molar-refractivity contribution in [3.05, 3.63) is 64.1 Å². The molecular formula is C12H11F2N3O. The van der Waals surface area contributed by atoms with Gasteiger partial charge >= 0.3 is 0 Å². The zero-order valence-electron chi connectivity index (χ0n) is 9.38. The number of halogens is 2. The van der Waals surface area contributed by atoms with Gasteiger partial charge in [0, 0.05) is 17.8 Å². The summed E-state index contributed by atoms with van der Waals surface area (Å²) in [6.07, 6.45) is 1.43. The quantitative estimate of drug-likeness (QED) is 0.892. The Morgan fingerprint density at radius 2 is 2.11 bits per heavy atom. The zero-order chi connectivity index (χ0) is 13.1. The van der Waals surface area contributed by atoms with Crippen molar-refractivity contribution in [2.24, 2.45) is 5.73 Å². The Hall–Kier alpha value is -2.08. The molecule has 4 nitrogen and oxygen atoms in total. The molecule has 0 saturated carbocycles. The molecule has 2 N–H and O–H groups in total. The van der Waals surface area contributed by atoms with Crippen molar-refractivity contribution in [2.45, 2.75) is 12.6 Å². The van der Waals surface area contributed by atoms with Gasteiger partial charge in [-0.25, -0.2) is 13.5 Å². The van der Waals surface area contributed by atoms with Gasteiger partial charge in [0.25, 0.3) is 5.56 Å². The molecule has 1 aromatic heterocycles. The number of rotatable bonds is 3. The van der Waals surface area contributed by atoms with E-state index in [2.05, 4.69) is 5.10 Å². The monoisotopic (exact) mass is 251 g/mol. The SMILES string of the molecule is NC(Cn1ncccc1=O)c1cc(F)ccc1F. The van der Waals surface area contributed by atoms with Crippen LogP contribution >= 0.6 is 0 Å². The van der Waals surface area contributed by atoms with Crippen LogP contribution in [0.2, 0.25) is 0 Å². The number of benzene rings is 1. The highest BCUT2D eigenvalue weighted by Gasteiger charge is 2.14. The van der Waals surface area contributed by atoms with E-state index in [4.69, 9.17) is 5.73 Å². The fourth-order valence-electron chi connectivity index (χ4n) is 1.61. The normalized spacial score (nSPS) is 12.4. The van der Waals surface area contributed by atoms with Crippen molar-refractivity contribution in [1.82, 2.24) is 9.78 Å². The standard InChI is InChI=1S/C12H11F2N3O/c13-8-3-4-10(14)9(6-8)11(15)7-17-12(18)2-1-5-16-17/h1-6,11H,7,15H2. The van der Waals surface area contributed by atoms with Crippen LogP contribution in [-0.4, -0.2) is 9.78 Å². The van der Waals surface area contributed by atoms with E-state index in [9.17, 15) is 13.6 Å². The summed E-state index contributed by atoms with van der Waals surface area (Å²) in [4.78, 5) is 11.4. The molecule has 94 valence electrons. The van der Waals surface area contributed by atoms with Crippen LogP contribution in [0.5, 0.6) is 0 Å². The molecule has 0 aliphatic carbocycles. The van der Waals surface area contributed by atoms with Gasteiger partial charge in [-0.3, -0.25) is 4.79 Å². The lowest BCUT2D eigenvalue weighted by Gasteiger charge is -2.13. The second kappa shape index (κ2) is 5.05. The number of nitrogens with zero attached hydrogens (tertiary/aromatic N) is 2. The molecule has 0 radical (unpaired) electrons. The molecule has 1 aromatic carbocycles. The van der Waals surface area contributed by atoms with Crippen molar-refractivity contribution in [1.29, 1.82) is 0 Å². The van der Waals surface area contributed by atoms with Gasteiger partial charge in [-0.2, -0.15) is 5.10 Å². The largest absolute Gasteiger partial charge is 0.322 e. The summed E-state index contributed by atoms with van der Waals surface area (Å²) in [7, 11) is 0. The maximum atomic E-state index is 13.5. The lowest BCUT2D eigenvalue weighted by Crippen LogP contribution is -2.28. The summed E-state index contributed by atoms with van der Waals surface area (Å²) in [6.45, 7) is -0.0138. The predicted molar refractivity (Wildman–Crippen MR) is 61.8 cm³/mol. The van der Waals surface area contributed by atoms with Crippen LogP contribution in [0, 0.1) is 11.6 Å². The van der Waals surface area contributed by atoms with E-state index in [1.807, 2.05) is 0 Å². The number of aromatic nitrogens is 2. The van der Waals surface area contributed by atoms with Gasteiger partial charge < -0.3 is 5.73 Å². The maximum Gasteiger partial charge on any atom is 0.266 e. The molecular weight excluding hydrogens is 240 g/mol. The Labute approximate surface area is 102 Å². The molecule has 0 aliphatic rings. The van der Waals surface area contributed by atoms with E-state index in [0.717, 1.165) is 22.9 Å². The van der Waals surface area contributed by atoms with Crippen molar-refractivity contribution in [3.63, 3.8) is 0 Å². The second-order valence-corrected chi connectivity index (χ2v) is 3.82. The average Bonchev–Trinajstić information content (AvgIpc) is 2.35. The van der Waals surface area contributed by atoms with Gasteiger partial charge in [0.1, 0.15) is 11.6 Å². The van der Waals surface area contributed by atoms with E-state index >= 15 is 0 Å². The van der Waals surface area contributed by atoms with E-state index in [1.54, 1.807) is 0 Å². The van der Waals surface area contributed by atoms with E-state index in [-0.39, 0.29) is 17.7 Å². The van der Waals surface area contributed by atoms with Crippen LogP contribution in [0.1, 0.15) is 11.6 Å². The molecule has 0 amide bonds. The van der Waals surface area contributed by atoms with Gasteiger partial charge in [-0.05, 0) is 24.3 Å². The first-order valence-electron chi connectivity index (χ1n) is 5.30. The third kappa shape index (κ3) is 2.60. The summed E-state index contributed by atoms with van der Waals surface area (Å²) in [6, 6.07) is 5.01. The molecule has 2 aromatic rings. The topological polar surface area (TPSA) is 60.9 Å². The lowest BCUT2D eigenvalue weighted by atomic mass is 10.1. The van der Waals surface area contributed by atoms with Crippen LogP contribution in [0.15, 0.2) is 41.3 Å². The summed E-state index contributed by atoms with van der Waals surface area (Å²) in [5, 5.41) is 3.80. The minimum Gasteiger partial charge on any atom is -0.322 e. The second-order valence-electron chi connectivity index (χ2n) is 3.82. The molecule has 0 bridgehead atoms. The number of hydrogen-bond acceptors (Lipinski definition) is 3. The molecule has 18 heavy (non-hydrogen) atoms. The highest BCUT2D eigenvalue weighted by molar-refractivity contribution is 5.21. The molecule has 6 heteroatoms. The smallest absolute Gasteiger partial charge is 0.266 e. The minimum atomic E-state index is -0.840. The van der Waals surface area contributed by atoms with Crippen LogP contribution in [0.3, 0.4) is 0 Å². The zero-order valence-corrected chi connectivity index (χ0v) is 9.38. The first kappa shape index (κ1) is 12.4. The van der Waals surface area contributed by atoms with Crippen molar-refractivity contribution in [2.75, 3.05) is 0 Å². The number of nitrogens with two attached hydrogens (primary N) is 1. The molecule has 2 rings (SSSR count). The van der Waals surface area contributed by atoms with Crippen molar-refractivity contribution < 1.29 is 8.78 Å². The number of hydrogen-bond donors (Lipinski definition) is 1. The van der Waals surface area contributed by atoms with Gasteiger partial charge in [-0.1, -0.05) is 0 Å². The Morgan fingerprint density at radius 1 is 1.33 bits per heavy atom.